The Balaban J connectivity index is 1.79. The Hall–Kier alpha value is -3.24. The first-order valence-corrected chi connectivity index (χ1v) is 9.42. The van der Waals surface area contributed by atoms with Crippen molar-refractivity contribution in [3.05, 3.63) is 58.0 Å². The number of fused-ring (bicyclic) bond motifs is 1. The minimum absolute atomic E-state index is 0.0281. The summed E-state index contributed by atoms with van der Waals surface area (Å²) >= 11 is 0. The average Bonchev–Trinajstić information content (AvgIpc) is 3.32. The van der Waals surface area contributed by atoms with E-state index in [-0.39, 0.29) is 43.0 Å². The van der Waals surface area contributed by atoms with Crippen LogP contribution in [0.1, 0.15) is 17.5 Å². The molecular formula is C20H17F5N4O2. The second kappa shape index (κ2) is 7.47. The third kappa shape index (κ3) is 3.79. The van der Waals surface area contributed by atoms with Gasteiger partial charge in [-0.15, -0.1) is 0 Å². The molecule has 164 valence electrons. The van der Waals surface area contributed by atoms with E-state index in [1.165, 1.54) is 17.3 Å². The first-order chi connectivity index (χ1) is 14.6. The van der Waals surface area contributed by atoms with Crippen LogP contribution >= 0.6 is 0 Å². The average molecular weight is 440 g/mol. The molecule has 0 radical (unpaired) electrons. The molecule has 1 aromatic carbocycles. The van der Waals surface area contributed by atoms with Crippen molar-refractivity contribution in [3.8, 4) is 11.3 Å². The molecule has 0 spiro atoms. The highest BCUT2D eigenvalue weighted by Crippen LogP contribution is 2.34. The van der Waals surface area contributed by atoms with Crippen LogP contribution in [0.4, 0.5) is 22.0 Å². The highest BCUT2D eigenvalue weighted by atomic mass is 19.4. The van der Waals surface area contributed by atoms with E-state index < -0.39 is 35.3 Å². The zero-order valence-corrected chi connectivity index (χ0v) is 16.3. The first kappa shape index (κ1) is 21.0. The van der Waals surface area contributed by atoms with Gasteiger partial charge in [-0.25, -0.2) is 23.0 Å². The molecule has 2 aromatic heterocycles. The SMILES string of the molecule is Cc1cn(CC(=O)N2CCC(F)C2)c(=O)n2c(-c3ccc(F)c(C(F)(F)F)c3)cnc12. The Labute approximate surface area is 172 Å². The predicted octanol–water partition coefficient (Wildman–Crippen LogP) is 3.20. The summed E-state index contributed by atoms with van der Waals surface area (Å²) < 4.78 is 68.6. The maximum Gasteiger partial charge on any atom is 0.419 e. The number of hydrogen-bond acceptors (Lipinski definition) is 3. The summed E-state index contributed by atoms with van der Waals surface area (Å²) in [6.07, 6.45) is -3.14. The van der Waals surface area contributed by atoms with E-state index in [0.717, 1.165) is 15.0 Å². The molecule has 1 saturated heterocycles. The molecule has 0 bridgehead atoms. The van der Waals surface area contributed by atoms with E-state index >= 15 is 0 Å². The lowest BCUT2D eigenvalue weighted by Crippen LogP contribution is -2.37. The van der Waals surface area contributed by atoms with Crippen LogP contribution < -0.4 is 5.69 Å². The van der Waals surface area contributed by atoms with E-state index in [9.17, 15) is 31.5 Å². The fraction of sp³-hybridized carbons (Fsp3) is 0.350. The fourth-order valence-corrected chi connectivity index (χ4v) is 3.71. The molecular weight excluding hydrogens is 423 g/mol. The van der Waals surface area contributed by atoms with E-state index in [1.807, 2.05) is 0 Å². The number of imidazole rings is 1. The summed E-state index contributed by atoms with van der Waals surface area (Å²) in [6.45, 7) is 1.49. The van der Waals surface area contributed by atoms with Crippen molar-refractivity contribution >= 4 is 11.6 Å². The number of aryl methyl sites for hydroxylation is 1. The number of carbonyl (C=O) groups is 1. The summed E-state index contributed by atoms with van der Waals surface area (Å²) in [6, 6.07) is 2.41. The molecule has 1 aliphatic rings. The Morgan fingerprint density at radius 2 is 2.03 bits per heavy atom. The van der Waals surface area contributed by atoms with Crippen molar-refractivity contribution in [1.29, 1.82) is 0 Å². The molecule has 6 nitrogen and oxygen atoms in total. The smallest absolute Gasteiger partial charge is 0.338 e. The topological polar surface area (TPSA) is 59.6 Å². The molecule has 3 heterocycles. The van der Waals surface area contributed by atoms with Gasteiger partial charge in [-0.2, -0.15) is 13.2 Å². The number of alkyl halides is 4. The second-order valence-corrected chi connectivity index (χ2v) is 7.44. The third-order valence-electron chi connectivity index (χ3n) is 5.26. The molecule has 11 heteroatoms. The van der Waals surface area contributed by atoms with Crippen molar-refractivity contribution in [2.24, 2.45) is 0 Å². The highest BCUT2D eigenvalue weighted by molar-refractivity contribution is 5.76. The third-order valence-corrected chi connectivity index (χ3v) is 5.26. The number of likely N-dealkylation sites (tertiary alicyclic amines) is 1. The fourth-order valence-electron chi connectivity index (χ4n) is 3.71. The van der Waals surface area contributed by atoms with Crippen LogP contribution in [0.15, 0.2) is 35.4 Å². The summed E-state index contributed by atoms with van der Waals surface area (Å²) in [4.78, 5) is 30.9. The van der Waals surface area contributed by atoms with Crippen molar-refractivity contribution < 1.29 is 26.7 Å². The lowest BCUT2D eigenvalue weighted by atomic mass is 10.1. The van der Waals surface area contributed by atoms with E-state index in [4.69, 9.17) is 0 Å². The number of hydrogen-bond donors (Lipinski definition) is 0. The van der Waals surface area contributed by atoms with E-state index in [2.05, 4.69) is 4.98 Å². The molecule has 4 rings (SSSR count). The number of carbonyl (C=O) groups excluding carboxylic acids is 1. The first-order valence-electron chi connectivity index (χ1n) is 9.42. The van der Waals surface area contributed by atoms with Crippen molar-refractivity contribution in [1.82, 2.24) is 18.9 Å². The number of benzene rings is 1. The van der Waals surface area contributed by atoms with Gasteiger partial charge in [-0.05, 0) is 31.5 Å². The Morgan fingerprint density at radius 3 is 2.68 bits per heavy atom. The summed E-state index contributed by atoms with van der Waals surface area (Å²) in [5, 5.41) is 0. The van der Waals surface area contributed by atoms with Gasteiger partial charge in [0.2, 0.25) is 5.91 Å². The molecule has 0 N–H and O–H groups in total. The molecule has 0 saturated carbocycles. The van der Waals surface area contributed by atoms with Crippen molar-refractivity contribution in [2.45, 2.75) is 32.2 Å². The molecule has 3 aromatic rings. The standard InChI is InChI=1S/C20H17F5N4O2/c1-11-8-28(10-17(30)27-5-4-13(21)9-27)19(31)29-16(7-26-18(11)29)12-2-3-15(22)14(6-12)20(23,24)25/h2-3,6-8,13H,4-5,9-10H2,1H3. The number of amides is 1. The molecule has 0 aliphatic carbocycles. The van der Waals surface area contributed by atoms with Gasteiger partial charge < -0.3 is 4.90 Å². The zero-order valence-electron chi connectivity index (χ0n) is 16.3. The van der Waals surface area contributed by atoms with Crippen molar-refractivity contribution in [3.63, 3.8) is 0 Å². The minimum Gasteiger partial charge on any atom is -0.338 e. The van der Waals surface area contributed by atoms with Crippen LogP contribution in [0.2, 0.25) is 0 Å². The van der Waals surface area contributed by atoms with Gasteiger partial charge >= 0.3 is 11.9 Å². The van der Waals surface area contributed by atoms with E-state index in [0.29, 0.717) is 17.7 Å². The Bertz CT molecular complexity index is 1230. The summed E-state index contributed by atoms with van der Waals surface area (Å²) in [5.74, 6) is -1.87. The van der Waals surface area contributed by atoms with E-state index in [1.54, 1.807) is 6.92 Å². The van der Waals surface area contributed by atoms with Gasteiger partial charge in [0.15, 0.2) is 0 Å². The number of aromatic nitrogens is 3. The number of nitrogens with zero attached hydrogens (tertiary/aromatic N) is 4. The molecule has 1 unspecified atom stereocenters. The highest BCUT2D eigenvalue weighted by Gasteiger charge is 2.34. The van der Waals surface area contributed by atoms with Crippen LogP contribution in [0.5, 0.6) is 0 Å². The van der Waals surface area contributed by atoms with Crippen molar-refractivity contribution in [2.75, 3.05) is 13.1 Å². The van der Waals surface area contributed by atoms with Gasteiger partial charge in [0.25, 0.3) is 0 Å². The van der Waals surface area contributed by atoms with Gasteiger partial charge in [0.1, 0.15) is 24.2 Å². The Kier molecular flexibility index (Phi) is 5.06. The quantitative estimate of drug-likeness (QED) is 0.588. The number of halogens is 5. The molecule has 1 atom stereocenters. The van der Waals surface area contributed by atoms with Crippen LogP contribution in [0.3, 0.4) is 0 Å². The summed E-state index contributed by atoms with van der Waals surface area (Å²) in [7, 11) is 0. The van der Waals surface area contributed by atoms with Gasteiger partial charge in [-0.1, -0.05) is 0 Å². The maximum absolute atomic E-state index is 13.7. The monoisotopic (exact) mass is 440 g/mol. The van der Waals surface area contributed by atoms with Crippen LogP contribution in [-0.4, -0.2) is 44.0 Å². The second-order valence-electron chi connectivity index (χ2n) is 7.44. The lowest BCUT2D eigenvalue weighted by Gasteiger charge is -2.17. The summed E-state index contributed by atoms with van der Waals surface area (Å²) in [5.41, 5.74) is -1.48. The minimum atomic E-state index is -4.91. The van der Waals surface area contributed by atoms with Crippen LogP contribution in [0, 0.1) is 12.7 Å². The normalized spacial score (nSPS) is 17.0. The zero-order chi connectivity index (χ0) is 22.5. The van der Waals surface area contributed by atoms with Gasteiger partial charge in [0.05, 0.1) is 24.0 Å². The maximum atomic E-state index is 13.7. The predicted molar refractivity (Wildman–Crippen MR) is 101 cm³/mol. The molecule has 1 amide bonds. The van der Waals surface area contributed by atoms with Crippen LogP contribution in [0.25, 0.3) is 16.9 Å². The van der Waals surface area contributed by atoms with Crippen LogP contribution in [-0.2, 0) is 17.5 Å². The lowest BCUT2D eigenvalue weighted by molar-refractivity contribution is -0.140. The largest absolute Gasteiger partial charge is 0.419 e. The molecule has 31 heavy (non-hydrogen) atoms. The number of rotatable bonds is 3. The molecule has 1 fully saturated rings. The van der Waals surface area contributed by atoms with Gasteiger partial charge in [0, 0.05) is 23.9 Å². The van der Waals surface area contributed by atoms with Gasteiger partial charge in [-0.3, -0.25) is 9.36 Å². The molecule has 1 aliphatic heterocycles. The Morgan fingerprint density at radius 1 is 1.29 bits per heavy atom.